The third kappa shape index (κ3) is 3.80. The lowest BCUT2D eigenvalue weighted by molar-refractivity contribution is 0.241. The van der Waals surface area contributed by atoms with E-state index in [0.29, 0.717) is 6.04 Å². The summed E-state index contributed by atoms with van der Waals surface area (Å²) >= 11 is 0. The van der Waals surface area contributed by atoms with E-state index in [1.54, 1.807) is 0 Å². The van der Waals surface area contributed by atoms with Crippen LogP contribution in [0.4, 0.5) is 0 Å². The molecule has 1 aromatic rings. The lowest BCUT2D eigenvalue weighted by Gasteiger charge is -2.24. The molecule has 1 aliphatic carbocycles. The van der Waals surface area contributed by atoms with E-state index in [-0.39, 0.29) is 0 Å². The second-order valence-corrected chi connectivity index (χ2v) is 6.29. The molecule has 19 heavy (non-hydrogen) atoms. The smallest absolute Gasteiger partial charge is 0.0209 e. The summed E-state index contributed by atoms with van der Waals surface area (Å²) in [6, 6.07) is 13.2. The first kappa shape index (κ1) is 13.1. The maximum absolute atomic E-state index is 3.77. The van der Waals surface area contributed by atoms with Gasteiger partial charge in [0, 0.05) is 31.2 Å². The van der Waals surface area contributed by atoms with Crippen molar-refractivity contribution < 1.29 is 0 Å². The first-order valence-corrected chi connectivity index (χ1v) is 7.85. The largest absolute Gasteiger partial charge is 0.310 e. The van der Waals surface area contributed by atoms with Crippen molar-refractivity contribution in [1.82, 2.24) is 10.2 Å². The monoisotopic (exact) mass is 258 g/mol. The van der Waals surface area contributed by atoms with Gasteiger partial charge in [-0.15, -0.1) is 0 Å². The lowest BCUT2D eigenvalue weighted by atomic mass is 10.1. The molecular formula is C17H26N2. The van der Waals surface area contributed by atoms with Gasteiger partial charge in [0.1, 0.15) is 0 Å². The van der Waals surface area contributed by atoms with Crippen LogP contribution in [0.25, 0.3) is 0 Å². The van der Waals surface area contributed by atoms with Crippen LogP contribution in [0.15, 0.2) is 30.3 Å². The minimum absolute atomic E-state index is 0.714. The van der Waals surface area contributed by atoms with Crippen LogP contribution in [0.1, 0.15) is 38.2 Å². The molecular weight excluding hydrogens is 232 g/mol. The van der Waals surface area contributed by atoms with Crippen molar-refractivity contribution in [1.29, 1.82) is 0 Å². The number of rotatable bonds is 6. The predicted molar refractivity (Wildman–Crippen MR) is 80.4 cm³/mol. The number of nitrogens with one attached hydrogen (secondary N) is 1. The Hall–Kier alpha value is -0.860. The van der Waals surface area contributed by atoms with Gasteiger partial charge in [0.25, 0.3) is 0 Å². The summed E-state index contributed by atoms with van der Waals surface area (Å²) < 4.78 is 0. The summed E-state index contributed by atoms with van der Waals surface area (Å²) in [7, 11) is 0. The highest BCUT2D eigenvalue weighted by atomic mass is 15.2. The van der Waals surface area contributed by atoms with E-state index in [1.165, 1.54) is 50.8 Å². The third-order valence-corrected chi connectivity index (χ3v) is 4.59. The van der Waals surface area contributed by atoms with Gasteiger partial charge in [-0.25, -0.2) is 0 Å². The Morgan fingerprint density at radius 2 is 1.95 bits per heavy atom. The van der Waals surface area contributed by atoms with Crippen molar-refractivity contribution in [3.8, 4) is 0 Å². The van der Waals surface area contributed by atoms with Gasteiger partial charge in [0.2, 0.25) is 0 Å². The van der Waals surface area contributed by atoms with Gasteiger partial charge >= 0.3 is 0 Å². The van der Waals surface area contributed by atoms with Crippen LogP contribution in [0.5, 0.6) is 0 Å². The zero-order valence-electron chi connectivity index (χ0n) is 12.0. The summed E-state index contributed by atoms with van der Waals surface area (Å²) in [5.41, 5.74) is 1.47. The van der Waals surface area contributed by atoms with E-state index in [4.69, 9.17) is 0 Å². The van der Waals surface area contributed by atoms with E-state index in [1.807, 2.05) is 0 Å². The molecule has 0 amide bonds. The SMILES string of the molecule is CC(CCc1ccccc1)N1CCC(NC2CC2)C1. The van der Waals surface area contributed by atoms with Gasteiger partial charge in [-0.1, -0.05) is 30.3 Å². The molecule has 1 N–H and O–H groups in total. The molecule has 2 nitrogen and oxygen atoms in total. The van der Waals surface area contributed by atoms with Gasteiger partial charge in [-0.05, 0) is 44.6 Å². The number of aryl methyl sites for hydroxylation is 1. The van der Waals surface area contributed by atoms with E-state index in [2.05, 4.69) is 47.5 Å². The molecule has 1 aromatic carbocycles. The molecule has 1 saturated heterocycles. The zero-order valence-corrected chi connectivity index (χ0v) is 12.0. The Morgan fingerprint density at radius 1 is 1.16 bits per heavy atom. The van der Waals surface area contributed by atoms with Gasteiger partial charge in [-0.2, -0.15) is 0 Å². The Morgan fingerprint density at radius 3 is 2.68 bits per heavy atom. The van der Waals surface area contributed by atoms with E-state index < -0.39 is 0 Å². The first-order valence-electron chi connectivity index (χ1n) is 7.85. The van der Waals surface area contributed by atoms with Crippen molar-refractivity contribution in [2.24, 2.45) is 0 Å². The van der Waals surface area contributed by atoms with Crippen LogP contribution in [0.2, 0.25) is 0 Å². The van der Waals surface area contributed by atoms with Crippen LogP contribution in [-0.4, -0.2) is 36.1 Å². The topological polar surface area (TPSA) is 15.3 Å². The van der Waals surface area contributed by atoms with E-state index >= 15 is 0 Å². The number of nitrogens with zero attached hydrogens (tertiary/aromatic N) is 1. The summed E-state index contributed by atoms with van der Waals surface area (Å²) in [5.74, 6) is 0. The van der Waals surface area contributed by atoms with Gasteiger partial charge < -0.3 is 5.32 Å². The highest BCUT2D eigenvalue weighted by Crippen LogP contribution is 2.23. The van der Waals surface area contributed by atoms with Crippen LogP contribution >= 0.6 is 0 Å². The minimum atomic E-state index is 0.714. The van der Waals surface area contributed by atoms with Crippen molar-refractivity contribution >= 4 is 0 Å². The third-order valence-electron chi connectivity index (χ3n) is 4.59. The molecule has 2 unspecified atom stereocenters. The molecule has 1 heterocycles. The lowest BCUT2D eigenvalue weighted by Crippen LogP contribution is -2.37. The highest BCUT2D eigenvalue weighted by molar-refractivity contribution is 5.14. The van der Waals surface area contributed by atoms with Crippen molar-refractivity contribution in [3.05, 3.63) is 35.9 Å². The normalized spacial score (nSPS) is 25.6. The number of hydrogen-bond acceptors (Lipinski definition) is 2. The quantitative estimate of drug-likeness (QED) is 0.844. The summed E-state index contributed by atoms with van der Waals surface area (Å²) in [4.78, 5) is 2.67. The molecule has 104 valence electrons. The highest BCUT2D eigenvalue weighted by Gasteiger charge is 2.30. The van der Waals surface area contributed by atoms with Crippen molar-refractivity contribution in [2.75, 3.05) is 13.1 Å². The predicted octanol–water partition coefficient (Wildman–Crippen LogP) is 2.83. The zero-order chi connectivity index (χ0) is 13.1. The Labute approximate surface area is 117 Å². The van der Waals surface area contributed by atoms with Crippen molar-refractivity contribution in [2.45, 2.75) is 57.2 Å². The molecule has 2 fully saturated rings. The summed E-state index contributed by atoms with van der Waals surface area (Å²) in [5, 5.41) is 3.77. The van der Waals surface area contributed by atoms with Crippen LogP contribution in [0, 0.1) is 0 Å². The maximum Gasteiger partial charge on any atom is 0.0209 e. The number of benzene rings is 1. The number of likely N-dealkylation sites (tertiary alicyclic amines) is 1. The molecule has 2 atom stereocenters. The van der Waals surface area contributed by atoms with E-state index in [0.717, 1.165) is 12.1 Å². The minimum Gasteiger partial charge on any atom is -0.310 e. The second-order valence-electron chi connectivity index (χ2n) is 6.29. The molecule has 2 aliphatic rings. The Kier molecular flexibility index (Phi) is 4.19. The average molecular weight is 258 g/mol. The van der Waals surface area contributed by atoms with Gasteiger partial charge in [0.05, 0.1) is 0 Å². The van der Waals surface area contributed by atoms with Gasteiger partial charge in [0.15, 0.2) is 0 Å². The van der Waals surface area contributed by atoms with Crippen LogP contribution in [-0.2, 0) is 6.42 Å². The number of hydrogen-bond donors (Lipinski definition) is 1. The van der Waals surface area contributed by atoms with E-state index in [9.17, 15) is 0 Å². The van der Waals surface area contributed by atoms with Crippen molar-refractivity contribution in [3.63, 3.8) is 0 Å². The maximum atomic E-state index is 3.77. The molecule has 0 spiro atoms. The Balaban J connectivity index is 1.41. The molecule has 2 heteroatoms. The van der Waals surface area contributed by atoms with Crippen LogP contribution < -0.4 is 5.32 Å². The average Bonchev–Trinajstić information content (AvgIpc) is 3.13. The molecule has 0 bridgehead atoms. The molecule has 1 saturated carbocycles. The molecule has 3 rings (SSSR count). The fraction of sp³-hybridized carbons (Fsp3) is 0.647. The summed E-state index contributed by atoms with van der Waals surface area (Å²) in [6.45, 7) is 4.93. The standard InChI is InChI=1S/C17H26N2/c1-14(7-8-15-5-3-2-4-6-15)19-12-11-17(13-19)18-16-9-10-16/h2-6,14,16-18H,7-13H2,1H3. The van der Waals surface area contributed by atoms with Gasteiger partial charge in [-0.3, -0.25) is 4.90 Å². The fourth-order valence-corrected chi connectivity index (χ4v) is 3.11. The Bertz CT molecular complexity index is 386. The fourth-order valence-electron chi connectivity index (χ4n) is 3.11. The molecule has 0 radical (unpaired) electrons. The molecule has 0 aromatic heterocycles. The van der Waals surface area contributed by atoms with Crippen LogP contribution in [0.3, 0.4) is 0 Å². The summed E-state index contributed by atoms with van der Waals surface area (Å²) in [6.07, 6.45) is 6.63. The molecule has 1 aliphatic heterocycles. The second kappa shape index (κ2) is 6.06. The first-order chi connectivity index (χ1) is 9.31.